The number of nitrogens with one attached hydrogen (secondary N) is 1. The summed E-state index contributed by atoms with van der Waals surface area (Å²) in [5, 5.41) is 21.0. The van der Waals surface area contributed by atoms with Gasteiger partial charge in [-0.2, -0.15) is 13.5 Å². The first-order valence-corrected chi connectivity index (χ1v) is 17.7. The highest BCUT2D eigenvalue weighted by molar-refractivity contribution is 7.85. The van der Waals surface area contributed by atoms with Crippen LogP contribution in [0.3, 0.4) is 0 Å². The molecule has 0 radical (unpaired) electrons. The number of hydrogen-bond donors (Lipinski definition) is 2. The van der Waals surface area contributed by atoms with Crippen molar-refractivity contribution in [2.45, 2.75) is 59.3 Å². The Labute approximate surface area is 231 Å². The summed E-state index contributed by atoms with van der Waals surface area (Å²) in [6.07, 6.45) is 0.715. The van der Waals surface area contributed by atoms with E-state index < -0.39 is 18.4 Å². The van der Waals surface area contributed by atoms with Gasteiger partial charge in [-0.15, -0.1) is 0 Å². The van der Waals surface area contributed by atoms with Gasteiger partial charge < -0.3 is 14.6 Å². The van der Waals surface area contributed by atoms with Gasteiger partial charge in [0.1, 0.15) is 17.1 Å². The summed E-state index contributed by atoms with van der Waals surface area (Å²) in [6.45, 7) is 18.9. The molecule has 0 spiro atoms. The van der Waals surface area contributed by atoms with E-state index in [0.717, 1.165) is 53.2 Å². The Morgan fingerprint density at radius 1 is 1.18 bits per heavy atom. The van der Waals surface area contributed by atoms with Gasteiger partial charge in [0.05, 0.1) is 28.6 Å². The molecule has 1 aliphatic rings. The first-order valence-electron chi connectivity index (χ1n) is 12.9. The Bertz CT molecular complexity index is 1470. The van der Waals surface area contributed by atoms with Crippen molar-refractivity contribution in [3.63, 3.8) is 0 Å². The van der Waals surface area contributed by atoms with E-state index in [2.05, 4.69) is 57.9 Å². The number of rotatable bonds is 8. The minimum absolute atomic E-state index is 0.0595. The molecule has 0 bridgehead atoms. The van der Waals surface area contributed by atoms with Crippen molar-refractivity contribution in [3.05, 3.63) is 40.4 Å². The number of nitro groups is 1. The number of benzene rings is 2. The van der Waals surface area contributed by atoms with Gasteiger partial charge >= 0.3 is 0 Å². The molecule has 4 rings (SSSR count). The monoisotopic (exact) mass is 577 g/mol. The Morgan fingerprint density at radius 3 is 2.33 bits per heavy atom. The molecule has 2 heterocycles. The molecular weight excluding hydrogens is 538 g/mol. The molecule has 39 heavy (non-hydrogen) atoms. The first-order chi connectivity index (χ1) is 18.0. The lowest BCUT2D eigenvalue weighted by atomic mass is 9.99. The fourth-order valence-electron chi connectivity index (χ4n) is 4.15. The van der Waals surface area contributed by atoms with Gasteiger partial charge in [-0.25, -0.2) is 0 Å². The van der Waals surface area contributed by atoms with E-state index in [0.29, 0.717) is 18.5 Å². The van der Waals surface area contributed by atoms with Gasteiger partial charge in [-0.3, -0.25) is 19.3 Å². The van der Waals surface area contributed by atoms with E-state index in [1.54, 1.807) is 6.07 Å². The Balaban J connectivity index is 0.000000771. The number of nitrogens with zero attached hydrogens (tertiary/aromatic N) is 4. The largest absolute Gasteiger partial charge is 0.543 e. The van der Waals surface area contributed by atoms with Crippen LogP contribution in [0.1, 0.15) is 34.6 Å². The maximum absolute atomic E-state index is 11.8. The highest BCUT2D eigenvalue weighted by Crippen LogP contribution is 2.48. The van der Waals surface area contributed by atoms with Crippen molar-refractivity contribution < 1.29 is 22.3 Å². The normalized spacial score (nSPS) is 13.0. The lowest BCUT2D eigenvalue weighted by molar-refractivity contribution is -0.383. The van der Waals surface area contributed by atoms with Crippen LogP contribution >= 0.6 is 0 Å². The van der Waals surface area contributed by atoms with Gasteiger partial charge in [0, 0.05) is 23.9 Å². The third-order valence-electron chi connectivity index (χ3n) is 7.30. The van der Waals surface area contributed by atoms with Crippen LogP contribution < -0.4 is 9.74 Å². The molecule has 3 aromatic rings. The topological polar surface area (TPSA) is 140 Å². The molecule has 0 unspecified atom stereocenters. The van der Waals surface area contributed by atoms with Crippen LogP contribution in [0.25, 0.3) is 22.2 Å². The molecule has 0 fully saturated rings. The Hall–Kier alpha value is -3.00. The SMILES string of the molecule is CCN(CC)CCn1nc2c3c(c([N+](=O)[O-])ccc31)Nc1ccc(O[Si](C)(C)C(C)(C)C)cc1-2.CS(=O)(=O)O. The van der Waals surface area contributed by atoms with Gasteiger partial charge in [-0.1, -0.05) is 34.6 Å². The number of likely N-dealkylation sites (N-methyl/N-ethyl adjacent to an activating group) is 1. The zero-order chi connectivity index (χ0) is 29.3. The molecule has 11 nitrogen and oxygen atoms in total. The molecule has 0 aliphatic carbocycles. The average Bonchev–Trinajstić information content (AvgIpc) is 3.18. The van der Waals surface area contributed by atoms with Crippen LogP contribution in [0.4, 0.5) is 17.1 Å². The molecule has 2 N–H and O–H groups in total. The van der Waals surface area contributed by atoms with Crippen LogP contribution in [-0.4, -0.2) is 66.8 Å². The van der Waals surface area contributed by atoms with Crippen LogP contribution in [0.2, 0.25) is 18.1 Å². The van der Waals surface area contributed by atoms with Gasteiger partial charge in [0.25, 0.3) is 15.8 Å². The highest BCUT2D eigenvalue weighted by atomic mass is 32.2. The summed E-state index contributed by atoms with van der Waals surface area (Å²) in [6, 6.07) is 9.31. The molecule has 13 heteroatoms. The van der Waals surface area contributed by atoms with E-state index in [4.69, 9.17) is 14.1 Å². The quantitative estimate of drug-likeness (QED) is 0.113. The molecule has 0 saturated carbocycles. The van der Waals surface area contributed by atoms with Gasteiger partial charge in [0.2, 0.25) is 8.32 Å². The van der Waals surface area contributed by atoms with Crippen molar-refractivity contribution in [1.29, 1.82) is 0 Å². The molecule has 1 aliphatic heterocycles. The number of aromatic nitrogens is 2. The highest BCUT2D eigenvalue weighted by Gasteiger charge is 2.39. The van der Waals surface area contributed by atoms with Crippen molar-refractivity contribution in [3.8, 4) is 17.0 Å². The average molecular weight is 578 g/mol. The number of anilines is 2. The zero-order valence-corrected chi connectivity index (χ0v) is 25.7. The summed E-state index contributed by atoms with van der Waals surface area (Å²) in [5.41, 5.74) is 3.95. The second kappa shape index (κ2) is 11.2. The van der Waals surface area contributed by atoms with Crippen molar-refractivity contribution in [2.24, 2.45) is 0 Å². The predicted octanol–water partition coefficient (Wildman–Crippen LogP) is 5.90. The van der Waals surface area contributed by atoms with Crippen LogP contribution in [0, 0.1) is 10.1 Å². The molecule has 2 aromatic carbocycles. The fraction of sp³-hybridized carbons (Fsp3) is 0.500. The van der Waals surface area contributed by atoms with Gasteiger partial charge in [-0.05, 0) is 55.5 Å². The van der Waals surface area contributed by atoms with Crippen molar-refractivity contribution in [1.82, 2.24) is 14.7 Å². The molecule has 0 atom stereocenters. The van der Waals surface area contributed by atoms with E-state index in [9.17, 15) is 18.5 Å². The smallest absolute Gasteiger partial charge is 0.293 e. The summed E-state index contributed by atoms with van der Waals surface area (Å²) in [4.78, 5) is 13.8. The maximum Gasteiger partial charge on any atom is 0.293 e. The standard InChI is InChI=1S/C25H35N5O3Si.CH4O3S/c1-8-28(9-2)14-15-29-20-12-13-21(30(31)32)24-22(20)23(27-29)18-16-17(10-11-19(18)26-24)33-34(6,7)25(3,4)5;1-5(2,3)4/h10-13,16,26H,8-9,14-15H2,1-7H3;1H3,(H,2,3,4). The Morgan fingerprint density at radius 2 is 1.79 bits per heavy atom. The predicted molar refractivity (Wildman–Crippen MR) is 158 cm³/mol. The zero-order valence-electron chi connectivity index (χ0n) is 23.9. The van der Waals surface area contributed by atoms with E-state index >= 15 is 0 Å². The third kappa shape index (κ3) is 6.96. The van der Waals surface area contributed by atoms with Gasteiger partial charge in [0.15, 0.2) is 0 Å². The van der Waals surface area contributed by atoms with Crippen LogP contribution in [0.5, 0.6) is 5.75 Å². The number of hydrogen-bond acceptors (Lipinski definition) is 8. The lowest BCUT2D eigenvalue weighted by Crippen LogP contribution is -2.43. The molecule has 214 valence electrons. The number of nitro benzene ring substituents is 1. The number of fused-ring (bicyclic) bond motifs is 2. The summed E-state index contributed by atoms with van der Waals surface area (Å²) in [7, 11) is -5.69. The fourth-order valence-corrected chi connectivity index (χ4v) is 5.17. The Kier molecular flexibility index (Phi) is 8.80. The minimum atomic E-state index is -3.67. The van der Waals surface area contributed by atoms with E-state index in [1.165, 1.54) is 0 Å². The van der Waals surface area contributed by atoms with Crippen LogP contribution in [0.15, 0.2) is 30.3 Å². The molecule has 0 saturated heterocycles. The second-order valence-corrected chi connectivity index (χ2v) is 17.3. The molecule has 0 amide bonds. The van der Waals surface area contributed by atoms with Crippen molar-refractivity contribution >= 4 is 46.4 Å². The van der Waals surface area contributed by atoms with E-state index in [-0.39, 0.29) is 15.6 Å². The second-order valence-electron chi connectivity index (χ2n) is 11.1. The third-order valence-corrected chi connectivity index (χ3v) is 11.7. The summed E-state index contributed by atoms with van der Waals surface area (Å²) in [5.74, 6) is 0.812. The molecular formula is C26H39N5O6SSi. The van der Waals surface area contributed by atoms with Crippen molar-refractivity contribution in [2.75, 3.05) is 31.2 Å². The van der Waals surface area contributed by atoms with E-state index in [1.807, 2.05) is 28.9 Å². The minimum Gasteiger partial charge on any atom is -0.543 e. The molecule has 1 aromatic heterocycles. The first kappa shape index (κ1) is 30.5. The summed E-state index contributed by atoms with van der Waals surface area (Å²) >= 11 is 0. The van der Waals surface area contributed by atoms with Crippen LogP contribution in [-0.2, 0) is 16.7 Å². The maximum atomic E-state index is 11.8. The summed E-state index contributed by atoms with van der Waals surface area (Å²) < 4.78 is 34.4. The lowest BCUT2D eigenvalue weighted by Gasteiger charge is -2.36.